The van der Waals surface area contributed by atoms with E-state index in [2.05, 4.69) is 0 Å². The maximum Gasteiger partial charge on any atom is 0.416 e. The number of allylic oxidation sites excluding steroid dienone is 1. The van der Waals surface area contributed by atoms with Gasteiger partial charge in [-0.15, -0.1) is 0 Å². The van der Waals surface area contributed by atoms with E-state index in [9.17, 15) is 17.7 Å². The van der Waals surface area contributed by atoms with E-state index in [4.69, 9.17) is 9.05 Å². The number of alkyl halides is 3. The van der Waals surface area contributed by atoms with Crippen LogP contribution in [0.2, 0.25) is 0 Å². The summed E-state index contributed by atoms with van der Waals surface area (Å²) in [6.07, 6.45) is -4.37. The van der Waals surface area contributed by atoms with E-state index in [1.165, 1.54) is 17.9 Å². The topological polar surface area (TPSA) is 35.5 Å². The zero-order valence-electron chi connectivity index (χ0n) is 12.1. The molecule has 0 saturated carbocycles. The Labute approximate surface area is 122 Å². The first-order chi connectivity index (χ1) is 9.72. The molecule has 0 N–H and O–H groups in total. The molecule has 0 aromatic heterocycles. The summed E-state index contributed by atoms with van der Waals surface area (Å²) in [7, 11) is -3.37. The van der Waals surface area contributed by atoms with E-state index in [-0.39, 0.29) is 13.2 Å². The van der Waals surface area contributed by atoms with Crippen molar-refractivity contribution in [2.75, 3.05) is 13.2 Å². The number of hydrogen-bond donors (Lipinski definition) is 0. The van der Waals surface area contributed by atoms with E-state index >= 15 is 0 Å². The molecule has 7 heteroatoms. The molecule has 0 aliphatic carbocycles. The van der Waals surface area contributed by atoms with E-state index in [0.29, 0.717) is 11.1 Å². The molecule has 1 rings (SSSR count). The van der Waals surface area contributed by atoms with Gasteiger partial charge in [0.1, 0.15) is 0 Å². The van der Waals surface area contributed by atoms with Gasteiger partial charge in [0.2, 0.25) is 0 Å². The van der Waals surface area contributed by atoms with E-state index in [1.54, 1.807) is 20.8 Å². The highest BCUT2D eigenvalue weighted by molar-refractivity contribution is 7.57. The summed E-state index contributed by atoms with van der Waals surface area (Å²) in [6, 6.07) is 4.63. The lowest BCUT2D eigenvalue weighted by Gasteiger charge is -2.14. The lowest BCUT2D eigenvalue weighted by atomic mass is 10.1. The van der Waals surface area contributed by atoms with Crippen LogP contribution in [0.5, 0.6) is 0 Å². The Morgan fingerprint density at radius 3 is 2.00 bits per heavy atom. The highest BCUT2D eigenvalue weighted by Crippen LogP contribution is 2.51. The van der Waals surface area contributed by atoms with Crippen LogP contribution in [-0.2, 0) is 19.8 Å². The molecule has 21 heavy (non-hydrogen) atoms. The predicted octanol–water partition coefficient (Wildman–Crippen LogP) is 5.33. The summed E-state index contributed by atoms with van der Waals surface area (Å²) in [6.45, 7) is 5.45. The van der Waals surface area contributed by atoms with Crippen molar-refractivity contribution in [2.24, 2.45) is 0 Å². The summed E-state index contributed by atoms with van der Waals surface area (Å²) < 4.78 is 60.0. The van der Waals surface area contributed by atoms with Crippen LogP contribution in [0.15, 0.2) is 30.1 Å². The summed E-state index contributed by atoms with van der Waals surface area (Å²) in [5.41, 5.74) is 0.341. The highest BCUT2D eigenvalue weighted by Gasteiger charge is 2.30. The fraction of sp³-hybridized carbons (Fsp3) is 0.429. The zero-order chi connectivity index (χ0) is 16.1. The second kappa shape index (κ2) is 7.25. The first-order valence-corrected chi connectivity index (χ1v) is 8.09. The Morgan fingerprint density at radius 1 is 1.14 bits per heavy atom. The van der Waals surface area contributed by atoms with E-state index < -0.39 is 19.3 Å². The Hall–Kier alpha value is -1.10. The van der Waals surface area contributed by atoms with Gasteiger partial charge in [-0.1, -0.05) is 12.1 Å². The summed E-state index contributed by atoms with van der Waals surface area (Å²) in [5, 5.41) is 0. The van der Waals surface area contributed by atoms with Crippen molar-refractivity contribution in [3.8, 4) is 0 Å². The summed E-state index contributed by atoms with van der Waals surface area (Å²) in [5.74, 6) is 1.34. The SMILES string of the molecule is CCOP(=O)(/C=C(\C)c1ccc(C(F)(F)F)cc1)OCC. The normalized spacial score (nSPS) is 13.5. The average molecular weight is 322 g/mol. The maximum atomic E-state index is 12.5. The Kier molecular flexibility index (Phi) is 6.20. The van der Waals surface area contributed by atoms with Crippen molar-refractivity contribution >= 4 is 13.2 Å². The van der Waals surface area contributed by atoms with Gasteiger partial charge in [-0.2, -0.15) is 13.2 Å². The molecule has 118 valence electrons. The molecule has 0 atom stereocenters. The van der Waals surface area contributed by atoms with Gasteiger partial charge in [0.05, 0.1) is 18.8 Å². The molecule has 0 amide bonds. The molecule has 0 heterocycles. The van der Waals surface area contributed by atoms with Crippen LogP contribution in [0, 0.1) is 0 Å². The van der Waals surface area contributed by atoms with E-state index in [1.807, 2.05) is 0 Å². The second-order valence-corrected chi connectivity index (χ2v) is 6.12. The summed E-state index contributed by atoms with van der Waals surface area (Å²) in [4.78, 5) is 0. The lowest BCUT2D eigenvalue weighted by molar-refractivity contribution is -0.137. The van der Waals surface area contributed by atoms with Crippen LogP contribution in [0.25, 0.3) is 5.57 Å². The average Bonchev–Trinajstić information content (AvgIpc) is 2.38. The molecule has 0 radical (unpaired) electrons. The molecule has 0 aliphatic heterocycles. The predicted molar refractivity (Wildman–Crippen MR) is 76.0 cm³/mol. The minimum Gasteiger partial charge on any atom is -0.306 e. The monoisotopic (exact) mass is 322 g/mol. The molecule has 1 aromatic carbocycles. The van der Waals surface area contributed by atoms with Crippen LogP contribution >= 0.6 is 7.60 Å². The number of benzene rings is 1. The lowest BCUT2D eigenvalue weighted by Crippen LogP contribution is -2.04. The van der Waals surface area contributed by atoms with Gasteiger partial charge in [0.15, 0.2) is 0 Å². The zero-order valence-corrected chi connectivity index (χ0v) is 13.0. The standard InChI is InChI=1S/C14H18F3O3P/c1-4-19-21(18,20-5-2)10-11(3)12-6-8-13(9-7-12)14(15,16)17/h6-10H,4-5H2,1-3H3/b11-10+. The van der Waals surface area contributed by atoms with Crippen molar-refractivity contribution in [2.45, 2.75) is 26.9 Å². The molecule has 0 fully saturated rings. The van der Waals surface area contributed by atoms with Crippen molar-refractivity contribution in [1.82, 2.24) is 0 Å². The fourth-order valence-corrected chi connectivity index (χ4v) is 3.27. The summed E-state index contributed by atoms with van der Waals surface area (Å²) >= 11 is 0. The number of halogens is 3. The van der Waals surface area contributed by atoms with Gasteiger partial charge >= 0.3 is 13.8 Å². The minimum absolute atomic E-state index is 0.216. The van der Waals surface area contributed by atoms with Gasteiger partial charge < -0.3 is 9.05 Å². The largest absolute Gasteiger partial charge is 0.416 e. The molecule has 0 unspecified atom stereocenters. The Bertz CT molecular complexity index is 525. The van der Waals surface area contributed by atoms with Crippen LogP contribution < -0.4 is 0 Å². The van der Waals surface area contributed by atoms with Gasteiger partial charge in [-0.25, -0.2) is 0 Å². The fourth-order valence-electron chi connectivity index (χ4n) is 1.71. The molecule has 0 bridgehead atoms. The molecule has 0 spiro atoms. The molecular weight excluding hydrogens is 304 g/mol. The first kappa shape index (κ1) is 18.0. The minimum atomic E-state index is -4.37. The van der Waals surface area contributed by atoms with Crippen molar-refractivity contribution in [1.29, 1.82) is 0 Å². The van der Waals surface area contributed by atoms with Crippen molar-refractivity contribution < 1.29 is 26.8 Å². The third-order valence-electron chi connectivity index (χ3n) is 2.64. The van der Waals surface area contributed by atoms with Crippen LogP contribution in [-0.4, -0.2) is 13.2 Å². The Balaban J connectivity index is 3.03. The maximum absolute atomic E-state index is 12.5. The first-order valence-electron chi connectivity index (χ1n) is 6.47. The smallest absolute Gasteiger partial charge is 0.306 e. The number of rotatable bonds is 6. The third-order valence-corrected chi connectivity index (χ3v) is 4.58. The van der Waals surface area contributed by atoms with Crippen LogP contribution in [0.4, 0.5) is 13.2 Å². The van der Waals surface area contributed by atoms with Crippen molar-refractivity contribution in [3.63, 3.8) is 0 Å². The quantitative estimate of drug-likeness (QED) is 0.664. The Morgan fingerprint density at radius 2 is 1.62 bits per heavy atom. The van der Waals surface area contributed by atoms with Crippen molar-refractivity contribution in [3.05, 3.63) is 41.2 Å². The van der Waals surface area contributed by atoms with Crippen LogP contribution in [0.1, 0.15) is 31.9 Å². The molecule has 0 saturated heterocycles. The van der Waals surface area contributed by atoms with Gasteiger partial charge in [0.25, 0.3) is 0 Å². The second-order valence-electron chi connectivity index (χ2n) is 4.26. The highest BCUT2D eigenvalue weighted by atomic mass is 31.2. The van der Waals surface area contributed by atoms with Gasteiger partial charge in [-0.3, -0.25) is 4.57 Å². The van der Waals surface area contributed by atoms with Gasteiger partial charge in [-0.05, 0) is 44.0 Å². The van der Waals surface area contributed by atoms with E-state index in [0.717, 1.165) is 12.1 Å². The third kappa shape index (κ3) is 5.30. The molecule has 3 nitrogen and oxygen atoms in total. The van der Waals surface area contributed by atoms with Gasteiger partial charge in [0, 0.05) is 5.82 Å². The molecule has 1 aromatic rings. The molecular formula is C14H18F3O3P. The molecule has 0 aliphatic rings. The van der Waals surface area contributed by atoms with Crippen LogP contribution in [0.3, 0.4) is 0 Å². The number of hydrogen-bond acceptors (Lipinski definition) is 3.